The number of nitrogens with two attached hydrogens (primary N) is 1. The summed E-state index contributed by atoms with van der Waals surface area (Å²) in [6.45, 7) is 5.95. The van der Waals surface area contributed by atoms with Crippen molar-refractivity contribution in [2.45, 2.75) is 33.6 Å². The van der Waals surface area contributed by atoms with Crippen molar-refractivity contribution < 1.29 is 4.74 Å². The van der Waals surface area contributed by atoms with Gasteiger partial charge in [0.2, 0.25) is 5.88 Å². The summed E-state index contributed by atoms with van der Waals surface area (Å²) in [4.78, 5) is 8.35. The van der Waals surface area contributed by atoms with Crippen molar-refractivity contribution >= 4 is 5.82 Å². The number of hydrogen-bond donors (Lipinski definition) is 2. The number of hydrazine groups is 1. The van der Waals surface area contributed by atoms with Crippen LogP contribution in [0, 0.1) is 13.8 Å². The zero-order valence-electron chi connectivity index (χ0n) is 12.3. The third-order valence-corrected chi connectivity index (χ3v) is 3.18. The average molecular weight is 276 g/mol. The molecule has 0 atom stereocenters. The molecular weight excluding hydrogens is 256 g/mol. The van der Waals surface area contributed by atoms with Crippen molar-refractivity contribution in [2.75, 3.05) is 5.43 Å². The van der Waals surface area contributed by atoms with Gasteiger partial charge in [-0.25, -0.2) is 15.8 Å². The molecule has 2 aromatic heterocycles. The maximum atomic E-state index is 5.96. The molecule has 0 spiro atoms. The van der Waals surface area contributed by atoms with Gasteiger partial charge in [0.05, 0.1) is 11.3 Å². The van der Waals surface area contributed by atoms with Crippen LogP contribution in [0.15, 0.2) is 6.33 Å². The van der Waals surface area contributed by atoms with Gasteiger partial charge in [-0.05, 0) is 20.3 Å². The maximum Gasteiger partial charge on any atom is 0.227 e. The number of nitrogen functional groups attached to an aromatic ring is 1. The van der Waals surface area contributed by atoms with Crippen LogP contribution >= 0.6 is 0 Å². The second-order valence-corrected chi connectivity index (χ2v) is 4.63. The Kier molecular flexibility index (Phi) is 4.19. The first-order valence-electron chi connectivity index (χ1n) is 6.57. The molecule has 7 nitrogen and oxygen atoms in total. The summed E-state index contributed by atoms with van der Waals surface area (Å²) < 4.78 is 7.74. The summed E-state index contributed by atoms with van der Waals surface area (Å²) in [6.07, 6.45) is 3.17. The van der Waals surface area contributed by atoms with Gasteiger partial charge in [0.1, 0.15) is 17.8 Å². The van der Waals surface area contributed by atoms with E-state index in [-0.39, 0.29) is 0 Å². The molecule has 0 aliphatic heterocycles. The third kappa shape index (κ3) is 2.57. The largest absolute Gasteiger partial charge is 0.435 e. The highest BCUT2D eigenvalue weighted by Crippen LogP contribution is 2.31. The predicted molar refractivity (Wildman–Crippen MR) is 76.6 cm³/mol. The third-order valence-electron chi connectivity index (χ3n) is 3.18. The molecule has 0 aliphatic rings. The van der Waals surface area contributed by atoms with Crippen LogP contribution < -0.4 is 16.0 Å². The fourth-order valence-corrected chi connectivity index (χ4v) is 2.08. The first-order chi connectivity index (χ1) is 9.58. The van der Waals surface area contributed by atoms with E-state index in [0.29, 0.717) is 11.7 Å². The van der Waals surface area contributed by atoms with Crippen LogP contribution in [0.2, 0.25) is 0 Å². The molecule has 0 radical (unpaired) electrons. The van der Waals surface area contributed by atoms with E-state index >= 15 is 0 Å². The molecule has 0 unspecified atom stereocenters. The van der Waals surface area contributed by atoms with Crippen LogP contribution in [0.3, 0.4) is 0 Å². The SMILES string of the molecule is CCCc1c(NN)ncnc1Oc1c(C)nn(C)c1C. The van der Waals surface area contributed by atoms with E-state index in [1.165, 1.54) is 6.33 Å². The van der Waals surface area contributed by atoms with Crippen molar-refractivity contribution in [3.05, 3.63) is 23.3 Å². The van der Waals surface area contributed by atoms with Gasteiger partial charge in [0.15, 0.2) is 5.75 Å². The lowest BCUT2D eigenvalue weighted by Crippen LogP contribution is -2.12. The summed E-state index contributed by atoms with van der Waals surface area (Å²) in [6, 6.07) is 0. The first-order valence-corrected chi connectivity index (χ1v) is 6.57. The predicted octanol–water partition coefficient (Wildman–Crippen LogP) is 1.86. The number of hydrogen-bond acceptors (Lipinski definition) is 6. The van der Waals surface area contributed by atoms with Gasteiger partial charge in [0, 0.05) is 7.05 Å². The van der Waals surface area contributed by atoms with E-state index in [2.05, 4.69) is 27.4 Å². The molecule has 0 aliphatic carbocycles. The van der Waals surface area contributed by atoms with Crippen LogP contribution in [0.5, 0.6) is 11.6 Å². The molecule has 0 amide bonds. The summed E-state index contributed by atoms with van der Waals surface area (Å²) in [5.41, 5.74) is 5.24. The van der Waals surface area contributed by atoms with Crippen molar-refractivity contribution in [3.63, 3.8) is 0 Å². The quantitative estimate of drug-likeness (QED) is 0.640. The zero-order valence-corrected chi connectivity index (χ0v) is 12.3. The Bertz CT molecular complexity index is 607. The van der Waals surface area contributed by atoms with Gasteiger partial charge in [-0.2, -0.15) is 5.10 Å². The van der Waals surface area contributed by atoms with E-state index < -0.39 is 0 Å². The van der Waals surface area contributed by atoms with E-state index in [1.807, 2.05) is 20.9 Å². The number of nitrogens with one attached hydrogen (secondary N) is 1. The number of nitrogens with zero attached hydrogens (tertiary/aromatic N) is 4. The fraction of sp³-hybridized carbons (Fsp3) is 0.462. The number of anilines is 1. The highest BCUT2D eigenvalue weighted by Gasteiger charge is 2.17. The Morgan fingerprint density at radius 1 is 1.35 bits per heavy atom. The molecule has 2 heterocycles. The van der Waals surface area contributed by atoms with E-state index in [9.17, 15) is 0 Å². The molecule has 108 valence electrons. The van der Waals surface area contributed by atoms with Crippen molar-refractivity contribution in [1.29, 1.82) is 0 Å². The van der Waals surface area contributed by atoms with E-state index in [0.717, 1.165) is 35.5 Å². The molecule has 0 saturated carbocycles. The molecule has 0 aromatic carbocycles. The van der Waals surface area contributed by atoms with Crippen LogP contribution in [0.1, 0.15) is 30.3 Å². The molecule has 0 bridgehead atoms. The van der Waals surface area contributed by atoms with Gasteiger partial charge in [-0.1, -0.05) is 13.3 Å². The number of aryl methyl sites for hydroxylation is 2. The number of ether oxygens (including phenoxy) is 1. The molecule has 2 aromatic rings. The summed E-state index contributed by atoms with van der Waals surface area (Å²) in [7, 11) is 1.88. The molecule has 0 fully saturated rings. The minimum atomic E-state index is 0.522. The minimum absolute atomic E-state index is 0.522. The topological polar surface area (TPSA) is 90.9 Å². The Hall–Kier alpha value is -2.15. The number of rotatable bonds is 5. The molecular formula is C13H20N6O. The van der Waals surface area contributed by atoms with Crippen LogP contribution in [-0.4, -0.2) is 19.7 Å². The number of aromatic nitrogens is 4. The second kappa shape index (κ2) is 5.87. The standard InChI is InChI=1S/C13H20N6O/c1-5-6-10-12(17-14)15-7-16-13(10)20-11-8(2)18-19(4)9(11)3/h7H,5-6,14H2,1-4H3,(H,15,16,17). The highest BCUT2D eigenvalue weighted by molar-refractivity contribution is 5.49. The lowest BCUT2D eigenvalue weighted by atomic mass is 10.2. The molecule has 0 saturated heterocycles. The second-order valence-electron chi connectivity index (χ2n) is 4.63. The summed E-state index contributed by atoms with van der Waals surface area (Å²) in [5.74, 6) is 7.34. The minimum Gasteiger partial charge on any atom is -0.435 e. The zero-order chi connectivity index (χ0) is 14.7. The summed E-state index contributed by atoms with van der Waals surface area (Å²) in [5, 5.41) is 4.33. The normalized spacial score (nSPS) is 10.7. The fourth-order valence-electron chi connectivity index (χ4n) is 2.08. The van der Waals surface area contributed by atoms with E-state index in [4.69, 9.17) is 10.6 Å². The summed E-state index contributed by atoms with van der Waals surface area (Å²) >= 11 is 0. The molecule has 3 N–H and O–H groups in total. The van der Waals surface area contributed by atoms with Gasteiger partial charge in [-0.3, -0.25) is 4.68 Å². The highest BCUT2D eigenvalue weighted by atomic mass is 16.5. The van der Waals surface area contributed by atoms with Gasteiger partial charge in [0.25, 0.3) is 0 Å². The molecule has 20 heavy (non-hydrogen) atoms. The lowest BCUT2D eigenvalue weighted by molar-refractivity contribution is 0.447. The van der Waals surface area contributed by atoms with Crippen molar-refractivity contribution in [1.82, 2.24) is 19.7 Å². The maximum absolute atomic E-state index is 5.96. The monoisotopic (exact) mass is 276 g/mol. The first kappa shape index (κ1) is 14.3. The van der Waals surface area contributed by atoms with Crippen LogP contribution in [0.25, 0.3) is 0 Å². The molecule has 2 rings (SSSR count). The Morgan fingerprint density at radius 2 is 2.10 bits per heavy atom. The van der Waals surface area contributed by atoms with E-state index in [1.54, 1.807) is 4.68 Å². The Labute approximate surface area is 118 Å². The van der Waals surface area contributed by atoms with Gasteiger partial charge < -0.3 is 10.2 Å². The van der Waals surface area contributed by atoms with Crippen LogP contribution in [-0.2, 0) is 13.5 Å². The smallest absolute Gasteiger partial charge is 0.227 e. The average Bonchev–Trinajstić information content (AvgIpc) is 2.67. The molecule has 7 heteroatoms. The van der Waals surface area contributed by atoms with Crippen LogP contribution in [0.4, 0.5) is 5.82 Å². The van der Waals surface area contributed by atoms with Crippen molar-refractivity contribution in [3.8, 4) is 11.6 Å². The lowest BCUT2D eigenvalue weighted by Gasteiger charge is -2.12. The Balaban J connectivity index is 2.42. The Morgan fingerprint density at radius 3 is 2.65 bits per heavy atom. The van der Waals surface area contributed by atoms with Gasteiger partial charge in [-0.15, -0.1) is 0 Å². The van der Waals surface area contributed by atoms with Gasteiger partial charge >= 0.3 is 0 Å². The van der Waals surface area contributed by atoms with Crippen molar-refractivity contribution in [2.24, 2.45) is 12.9 Å².